The minimum Gasteiger partial charge on any atom is -0.394 e. The van der Waals surface area contributed by atoms with Crippen molar-refractivity contribution in [3.05, 3.63) is 0 Å². The monoisotopic (exact) mass is 342 g/mol. The van der Waals surface area contributed by atoms with Gasteiger partial charge in [0.05, 0.1) is 13.2 Å². The van der Waals surface area contributed by atoms with Gasteiger partial charge in [0, 0.05) is 0 Å². The van der Waals surface area contributed by atoms with E-state index in [2.05, 4.69) is 0 Å². The molecule has 0 aliphatic carbocycles. The predicted molar refractivity (Wildman–Crippen MR) is 68.7 cm³/mol. The standard InChI is InChI=1S/C12H22O11/c13-1-3-5(15)7(17)9(19)11(22-3)12(21)10(20)8(18)6(16)4(2-14)23-12/h3-11,13-21H,1-2H2/t3-,4-,5-,6-,7+,8+,9-,10-,11?,12?/m1/s1. The van der Waals surface area contributed by atoms with E-state index in [-0.39, 0.29) is 0 Å². The summed E-state index contributed by atoms with van der Waals surface area (Å²) in [7, 11) is 0. The minimum atomic E-state index is -2.82. The number of aliphatic hydroxyl groups is 9. The highest BCUT2D eigenvalue weighted by Crippen LogP contribution is 2.37. The summed E-state index contributed by atoms with van der Waals surface area (Å²) in [6, 6.07) is 0. The Kier molecular flexibility index (Phi) is 5.60. The summed E-state index contributed by atoms with van der Waals surface area (Å²) in [4.78, 5) is 0. The van der Waals surface area contributed by atoms with E-state index in [1.165, 1.54) is 0 Å². The fourth-order valence-electron chi connectivity index (χ4n) is 2.86. The molecule has 23 heavy (non-hydrogen) atoms. The zero-order valence-electron chi connectivity index (χ0n) is 12.0. The molecule has 0 radical (unpaired) electrons. The van der Waals surface area contributed by atoms with Crippen LogP contribution in [0.25, 0.3) is 0 Å². The fourth-order valence-corrected chi connectivity index (χ4v) is 2.86. The van der Waals surface area contributed by atoms with E-state index in [0.717, 1.165) is 0 Å². The van der Waals surface area contributed by atoms with Crippen LogP contribution in [-0.2, 0) is 9.47 Å². The molecule has 0 bridgehead atoms. The third-order valence-electron chi connectivity index (χ3n) is 4.30. The molecule has 2 saturated heterocycles. The lowest BCUT2D eigenvalue weighted by Gasteiger charge is -2.52. The van der Waals surface area contributed by atoms with Crippen LogP contribution in [0.5, 0.6) is 0 Å². The van der Waals surface area contributed by atoms with Gasteiger partial charge in [-0.3, -0.25) is 0 Å². The fraction of sp³-hybridized carbons (Fsp3) is 1.00. The Bertz CT molecular complexity index is 404. The van der Waals surface area contributed by atoms with E-state index >= 15 is 0 Å². The Morgan fingerprint density at radius 1 is 0.696 bits per heavy atom. The maximum atomic E-state index is 10.5. The van der Waals surface area contributed by atoms with Crippen LogP contribution in [0.1, 0.15) is 0 Å². The third kappa shape index (κ3) is 2.99. The minimum absolute atomic E-state index is 0.776. The Balaban J connectivity index is 2.33. The molecule has 11 heteroatoms. The van der Waals surface area contributed by atoms with Crippen LogP contribution in [0.3, 0.4) is 0 Å². The van der Waals surface area contributed by atoms with Crippen molar-refractivity contribution >= 4 is 0 Å². The predicted octanol–water partition coefficient (Wildman–Crippen LogP) is -6.01. The second kappa shape index (κ2) is 6.82. The van der Waals surface area contributed by atoms with E-state index in [1.807, 2.05) is 0 Å². The van der Waals surface area contributed by atoms with Crippen molar-refractivity contribution in [2.45, 2.75) is 60.7 Å². The summed E-state index contributed by atoms with van der Waals surface area (Å²) in [5.41, 5.74) is 0. The van der Waals surface area contributed by atoms with Crippen molar-refractivity contribution in [1.29, 1.82) is 0 Å². The normalized spacial score (nSPS) is 54.9. The van der Waals surface area contributed by atoms with Crippen molar-refractivity contribution in [3.8, 4) is 0 Å². The zero-order chi connectivity index (χ0) is 17.5. The highest BCUT2D eigenvalue weighted by molar-refractivity contribution is 5.05. The molecule has 0 spiro atoms. The average molecular weight is 342 g/mol. The molecule has 0 aromatic heterocycles. The molecule has 2 aliphatic heterocycles. The van der Waals surface area contributed by atoms with Gasteiger partial charge in [0.15, 0.2) is 0 Å². The molecule has 2 fully saturated rings. The molecule has 136 valence electrons. The highest BCUT2D eigenvalue weighted by atomic mass is 16.7. The molecule has 10 atom stereocenters. The molecule has 0 aromatic rings. The molecule has 0 saturated carbocycles. The Morgan fingerprint density at radius 3 is 1.74 bits per heavy atom. The largest absolute Gasteiger partial charge is 0.394 e. The summed E-state index contributed by atoms with van der Waals surface area (Å²) in [6.07, 6.45) is -16.1. The molecular formula is C12H22O11. The van der Waals surface area contributed by atoms with E-state index in [0.29, 0.717) is 0 Å². The SMILES string of the molecule is OC[C@H]1OC(O)(C2O[C@H](CO)[C@@H](O)[C@H](O)[C@H]2O)[C@H](O)[C@@H](O)[C@@H]1O. The number of hydrogen-bond donors (Lipinski definition) is 9. The topological polar surface area (TPSA) is 201 Å². The molecule has 9 N–H and O–H groups in total. The van der Waals surface area contributed by atoms with Gasteiger partial charge in [-0.15, -0.1) is 0 Å². The lowest BCUT2D eigenvalue weighted by Crippen LogP contribution is -2.75. The van der Waals surface area contributed by atoms with Gasteiger partial charge in [-0.25, -0.2) is 0 Å². The molecule has 0 aromatic carbocycles. The Hall–Kier alpha value is -0.440. The first-order valence-electron chi connectivity index (χ1n) is 7.04. The van der Waals surface area contributed by atoms with Crippen LogP contribution >= 0.6 is 0 Å². The first-order valence-corrected chi connectivity index (χ1v) is 7.04. The van der Waals surface area contributed by atoms with Gasteiger partial charge in [0.2, 0.25) is 5.79 Å². The van der Waals surface area contributed by atoms with Crippen molar-refractivity contribution < 1.29 is 55.4 Å². The molecule has 2 heterocycles. The van der Waals surface area contributed by atoms with E-state index in [9.17, 15) is 35.7 Å². The van der Waals surface area contributed by atoms with E-state index in [1.54, 1.807) is 0 Å². The second-order valence-corrected chi connectivity index (χ2v) is 5.77. The lowest BCUT2D eigenvalue weighted by molar-refractivity contribution is -0.406. The highest BCUT2D eigenvalue weighted by Gasteiger charge is 2.62. The number of ether oxygens (including phenoxy) is 2. The summed E-state index contributed by atoms with van der Waals surface area (Å²) in [6.45, 7) is -1.60. The van der Waals surface area contributed by atoms with Gasteiger partial charge in [0.25, 0.3) is 0 Å². The van der Waals surface area contributed by atoms with E-state index in [4.69, 9.17) is 19.7 Å². The quantitative estimate of drug-likeness (QED) is 0.236. The maximum absolute atomic E-state index is 10.5. The summed E-state index contributed by atoms with van der Waals surface area (Å²) < 4.78 is 10.1. The number of rotatable bonds is 3. The van der Waals surface area contributed by atoms with Crippen molar-refractivity contribution in [2.75, 3.05) is 13.2 Å². The van der Waals surface area contributed by atoms with Gasteiger partial charge in [-0.2, -0.15) is 0 Å². The van der Waals surface area contributed by atoms with E-state index < -0.39 is 73.9 Å². The molecule has 2 rings (SSSR count). The van der Waals surface area contributed by atoms with Crippen LogP contribution in [0.4, 0.5) is 0 Å². The van der Waals surface area contributed by atoms with Gasteiger partial charge >= 0.3 is 0 Å². The zero-order valence-corrected chi connectivity index (χ0v) is 12.0. The van der Waals surface area contributed by atoms with Crippen LogP contribution in [-0.4, -0.2) is 120 Å². The molecular weight excluding hydrogens is 320 g/mol. The average Bonchev–Trinajstić information content (AvgIpc) is 2.54. The second-order valence-electron chi connectivity index (χ2n) is 5.77. The van der Waals surface area contributed by atoms with Crippen molar-refractivity contribution in [1.82, 2.24) is 0 Å². The summed E-state index contributed by atoms with van der Waals surface area (Å²) in [5, 5.41) is 87.7. The van der Waals surface area contributed by atoms with Crippen LogP contribution < -0.4 is 0 Å². The van der Waals surface area contributed by atoms with Gasteiger partial charge in [-0.1, -0.05) is 0 Å². The molecule has 2 unspecified atom stereocenters. The number of aliphatic hydroxyl groups excluding tert-OH is 8. The first-order chi connectivity index (χ1) is 10.7. The Morgan fingerprint density at radius 2 is 1.22 bits per heavy atom. The first kappa shape index (κ1) is 18.9. The van der Waals surface area contributed by atoms with Crippen molar-refractivity contribution in [3.63, 3.8) is 0 Å². The molecule has 2 aliphatic rings. The maximum Gasteiger partial charge on any atom is 0.225 e. The van der Waals surface area contributed by atoms with Crippen LogP contribution in [0, 0.1) is 0 Å². The summed E-state index contributed by atoms with van der Waals surface area (Å²) in [5.74, 6) is -2.82. The summed E-state index contributed by atoms with van der Waals surface area (Å²) >= 11 is 0. The molecule has 11 nitrogen and oxygen atoms in total. The van der Waals surface area contributed by atoms with Crippen molar-refractivity contribution in [2.24, 2.45) is 0 Å². The third-order valence-corrected chi connectivity index (χ3v) is 4.30. The van der Waals surface area contributed by atoms with Crippen LogP contribution in [0.2, 0.25) is 0 Å². The van der Waals surface area contributed by atoms with Gasteiger partial charge in [0.1, 0.15) is 54.9 Å². The Labute approximate surface area is 130 Å². The van der Waals surface area contributed by atoms with Gasteiger partial charge < -0.3 is 55.4 Å². The number of hydrogen-bond acceptors (Lipinski definition) is 11. The smallest absolute Gasteiger partial charge is 0.225 e. The molecule has 0 amide bonds. The van der Waals surface area contributed by atoms with Gasteiger partial charge in [-0.05, 0) is 0 Å². The lowest BCUT2D eigenvalue weighted by atomic mass is 9.83. The van der Waals surface area contributed by atoms with Crippen LogP contribution in [0.15, 0.2) is 0 Å².